The van der Waals surface area contributed by atoms with Crippen molar-refractivity contribution in [1.29, 1.82) is 0 Å². The van der Waals surface area contributed by atoms with Gasteiger partial charge in [0.25, 0.3) is 0 Å². The van der Waals surface area contributed by atoms with Gasteiger partial charge < -0.3 is 4.74 Å². The summed E-state index contributed by atoms with van der Waals surface area (Å²) in [4.78, 5) is 0. The molecule has 1 aliphatic rings. The number of aromatic nitrogens is 1. The Labute approximate surface area is 241 Å². The summed E-state index contributed by atoms with van der Waals surface area (Å²) in [5.74, 6) is 2.05. The van der Waals surface area contributed by atoms with E-state index in [1.165, 1.54) is 69.7 Å². The number of ether oxygens (including phenoxy) is 1. The molecule has 0 amide bonds. The molecule has 0 atom stereocenters. The first kappa shape index (κ1) is 25.5. The summed E-state index contributed by atoms with van der Waals surface area (Å²) in [6, 6.07) is 20.5. The molecular formula is C37H38NOS+. The van der Waals surface area contributed by atoms with Gasteiger partial charge in [-0.3, -0.25) is 0 Å². The van der Waals surface area contributed by atoms with Crippen molar-refractivity contribution in [2.24, 2.45) is 17.9 Å². The van der Waals surface area contributed by atoms with Crippen molar-refractivity contribution < 1.29 is 9.30 Å². The number of hydrogen-bond acceptors (Lipinski definition) is 2. The minimum absolute atomic E-state index is 0.109. The van der Waals surface area contributed by atoms with Crippen LogP contribution in [0.3, 0.4) is 0 Å². The first-order valence-electron chi connectivity index (χ1n) is 14.4. The van der Waals surface area contributed by atoms with Crippen LogP contribution >= 0.6 is 11.3 Å². The maximum atomic E-state index is 7.23. The van der Waals surface area contributed by atoms with E-state index < -0.39 is 0 Å². The molecule has 202 valence electrons. The van der Waals surface area contributed by atoms with Crippen LogP contribution in [-0.2, 0) is 19.9 Å². The van der Waals surface area contributed by atoms with Crippen LogP contribution in [0.25, 0.3) is 53.0 Å². The number of aryl methyl sites for hydroxylation is 2. The minimum Gasteiger partial charge on any atom is -0.455 e. The lowest BCUT2D eigenvalue weighted by Crippen LogP contribution is -2.32. The predicted molar refractivity (Wildman–Crippen MR) is 172 cm³/mol. The zero-order chi connectivity index (χ0) is 28.1. The van der Waals surface area contributed by atoms with Gasteiger partial charge in [0, 0.05) is 37.2 Å². The molecule has 2 nitrogen and oxygen atoms in total. The topological polar surface area (TPSA) is 13.1 Å². The maximum absolute atomic E-state index is 7.23. The zero-order valence-electron chi connectivity index (χ0n) is 25.0. The van der Waals surface area contributed by atoms with Crippen LogP contribution < -0.4 is 9.30 Å². The van der Waals surface area contributed by atoms with Crippen molar-refractivity contribution in [3.63, 3.8) is 0 Å². The Bertz CT molecular complexity index is 2010. The highest BCUT2D eigenvalue weighted by molar-refractivity contribution is 7.26. The Morgan fingerprint density at radius 3 is 2.27 bits per heavy atom. The number of benzene rings is 4. The van der Waals surface area contributed by atoms with E-state index in [9.17, 15) is 0 Å². The van der Waals surface area contributed by atoms with Gasteiger partial charge in [-0.1, -0.05) is 77.9 Å². The molecule has 0 fully saturated rings. The van der Waals surface area contributed by atoms with Crippen LogP contribution in [0.2, 0.25) is 0 Å². The number of fused-ring (bicyclic) bond motifs is 7. The van der Waals surface area contributed by atoms with Gasteiger partial charge in [0.2, 0.25) is 5.69 Å². The third-order valence-corrected chi connectivity index (χ3v) is 9.54. The Balaban J connectivity index is 1.61. The summed E-state index contributed by atoms with van der Waals surface area (Å²) >= 11 is 1.92. The van der Waals surface area contributed by atoms with Crippen LogP contribution in [0.15, 0.2) is 60.8 Å². The fraction of sp³-hybridized carbons (Fsp3) is 0.324. The molecule has 7 rings (SSSR count). The van der Waals surface area contributed by atoms with Crippen molar-refractivity contribution >= 4 is 53.1 Å². The summed E-state index contributed by atoms with van der Waals surface area (Å²) < 4.78 is 12.3. The van der Waals surface area contributed by atoms with Crippen LogP contribution in [0, 0.1) is 17.8 Å². The van der Waals surface area contributed by atoms with Crippen LogP contribution in [0.4, 0.5) is 0 Å². The van der Waals surface area contributed by atoms with Crippen molar-refractivity contribution in [3.8, 4) is 22.8 Å². The molecule has 0 radical (unpaired) electrons. The quantitative estimate of drug-likeness (QED) is 0.156. The Morgan fingerprint density at radius 1 is 0.775 bits per heavy atom. The van der Waals surface area contributed by atoms with Crippen LogP contribution in [-0.4, -0.2) is 0 Å². The number of thiophene rings is 1. The summed E-state index contributed by atoms with van der Waals surface area (Å²) in [7, 11) is 2.18. The second-order valence-electron chi connectivity index (χ2n) is 14.2. The smallest absolute Gasteiger partial charge is 0.228 e. The van der Waals surface area contributed by atoms with E-state index in [0.717, 1.165) is 24.3 Å². The summed E-state index contributed by atoms with van der Waals surface area (Å²) in [6.07, 6.45) is 4.22. The Kier molecular flexibility index (Phi) is 5.45. The molecule has 0 saturated carbocycles. The van der Waals surface area contributed by atoms with Crippen LogP contribution in [0.1, 0.15) is 58.2 Å². The molecule has 0 saturated heterocycles. The second kappa shape index (κ2) is 8.54. The van der Waals surface area contributed by atoms with Crippen LogP contribution in [0.5, 0.6) is 11.5 Å². The van der Waals surface area contributed by atoms with E-state index >= 15 is 0 Å². The first-order valence-corrected chi connectivity index (χ1v) is 15.2. The number of nitrogens with zero attached hydrogens (tertiary/aromatic N) is 1. The lowest BCUT2D eigenvalue weighted by molar-refractivity contribution is -0.659. The van der Waals surface area contributed by atoms with E-state index in [1.807, 2.05) is 11.3 Å². The molecule has 40 heavy (non-hydrogen) atoms. The number of rotatable bonds is 2. The Morgan fingerprint density at radius 2 is 1.52 bits per heavy atom. The van der Waals surface area contributed by atoms with Crippen molar-refractivity contribution in [2.75, 3.05) is 0 Å². The molecule has 2 aromatic heterocycles. The van der Waals surface area contributed by atoms with E-state index in [4.69, 9.17) is 4.74 Å². The lowest BCUT2D eigenvalue weighted by Gasteiger charge is -2.28. The molecule has 0 spiro atoms. The van der Waals surface area contributed by atoms with Gasteiger partial charge in [-0.25, -0.2) is 4.57 Å². The highest BCUT2D eigenvalue weighted by Gasteiger charge is 2.35. The molecule has 1 aliphatic heterocycles. The SMILES string of the molecule is Cc1c2c(c(CC(C)(C)C)c3c1sc1ccccc13)Oc1c3ccc(CC(C)(C)C)cc3cc3cc[n+](C)c-2c13. The lowest BCUT2D eigenvalue weighted by atomic mass is 9.82. The molecule has 0 bridgehead atoms. The Hall–Kier alpha value is -3.43. The minimum atomic E-state index is 0.109. The number of hydrogen-bond donors (Lipinski definition) is 0. The molecule has 0 aliphatic carbocycles. The predicted octanol–water partition coefficient (Wildman–Crippen LogP) is 10.4. The fourth-order valence-electron chi connectivity index (χ4n) is 6.75. The second-order valence-corrected chi connectivity index (χ2v) is 15.2. The van der Waals surface area contributed by atoms with Gasteiger partial charge in [0.15, 0.2) is 6.20 Å². The van der Waals surface area contributed by atoms with Crippen molar-refractivity contribution in [3.05, 3.63) is 77.5 Å². The van der Waals surface area contributed by atoms with Gasteiger partial charge in [-0.15, -0.1) is 11.3 Å². The average Bonchev–Trinajstić information content (AvgIpc) is 3.26. The van der Waals surface area contributed by atoms with Crippen molar-refractivity contribution in [2.45, 2.75) is 61.3 Å². The molecule has 3 heterocycles. The van der Waals surface area contributed by atoms with Crippen molar-refractivity contribution in [1.82, 2.24) is 0 Å². The fourth-order valence-corrected chi connectivity index (χ4v) is 7.99. The zero-order valence-corrected chi connectivity index (χ0v) is 25.8. The molecule has 0 unspecified atom stereocenters. The number of pyridine rings is 1. The highest BCUT2D eigenvalue weighted by Crippen LogP contribution is 2.55. The van der Waals surface area contributed by atoms with E-state index in [-0.39, 0.29) is 10.8 Å². The highest BCUT2D eigenvalue weighted by atomic mass is 32.1. The monoisotopic (exact) mass is 544 g/mol. The van der Waals surface area contributed by atoms with E-state index in [2.05, 4.69) is 121 Å². The van der Waals surface area contributed by atoms with Gasteiger partial charge in [0.05, 0.1) is 10.9 Å². The van der Waals surface area contributed by atoms with E-state index in [1.54, 1.807) is 0 Å². The molecule has 4 aromatic carbocycles. The molecule has 3 heteroatoms. The molecular weight excluding hydrogens is 506 g/mol. The van der Waals surface area contributed by atoms with Gasteiger partial charge in [-0.2, -0.15) is 0 Å². The average molecular weight is 545 g/mol. The van der Waals surface area contributed by atoms with E-state index in [0.29, 0.717) is 0 Å². The van der Waals surface area contributed by atoms with Gasteiger partial charge in [-0.05, 0) is 64.6 Å². The summed E-state index contributed by atoms with van der Waals surface area (Å²) in [5, 5.41) is 7.62. The van der Waals surface area contributed by atoms with Gasteiger partial charge >= 0.3 is 0 Å². The maximum Gasteiger partial charge on any atom is 0.228 e. The van der Waals surface area contributed by atoms with Gasteiger partial charge in [0.1, 0.15) is 18.5 Å². The summed E-state index contributed by atoms with van der Waals surface area (Å²) in [6.45, 7) is 16.2. The largest absolute Gasteiger partial charge is 0.455 e. The molecule has 6 aromatic rings. The third-order valence-electron chi connectivity index (χ3n) is 8.25. The summed E-state index contributed by atoms with van der Waals surface area (Å²) in [5.41, 5.74) is 6.90. The third kappa shape index (κ3) is 3.93. The molecule has 0 N–H and O–H groups in total. The normalized spacial score (nSPS) is 13.4. The first-order chi connectivity index (χ1) is 18.9. The standard InChI is InChI=1S/C37H38NOS/c1-21-29-32-30-23(15-16-38(32)8)18-24-17-22(19-36(2,3)4)13-14-25(24)33(30)39-34(29)27(20-37(5,6)7)31-26-11-9-10-12-28(26)40-35(21)31/h9-18H,19-20H2,1-8H3/q+1.